The molecule has 1 saturated heterocycles. The Morgan fingerprint density at radius 2 is 1.67 bits per heavy atom. The summed E-state index contributed by atoms with van der Waals surface area (Å²) in [4.78, 5) is 27.2. The average Bonchev–Trinajstić information content (AvgIpc) is 3.34. The van der Waals surface area contributed by atoms with Crippen LogP contribution in [0.25, 0.3) is 17.4 Å². The van der Waals surface area contributed by atoms with Gasteiger partial charge in [-0.15, -0.1) is 0 Å². The molecule has 8 heteroatoms. The molecule has 3 aromatic carbocycles. The van der Waals surface area contributed by atoms with Gasteiger partial charge in [0.2, 0.25) is 0 Å². The van der Waals surface area contributed by atoms with Gasteiger partial charge in [0.25, 0.3) is 11.8 Å². The second-order valence-corrected chi connectivity index (χ2v) is 8.83. The van der Waals surface area contributed by atoms with Gasteiger partial charge in [-0.2, -0.15) is 0 Å². The molecule has 2 amide bonds. The first-order valence-corrected chi connectivity index (χ1v) is 11.8. The van der Waals surface area contributed by atoms with E-state index in [0.29, 0.717) is 33.7 Å². The fraction of sp³-hybridized carbons (Fsp3) is 0.0357. The SMILES string of the molecule is Cc1ccc(-c2ccc(C=C3C(=O)NC(=S)N(c4ccc(Oc5ccccc5)cc4)C3=O)o2)cc1Cl. The van der Waals surface area contributed by atoms with Gasteiger partial charge >= 0.3 is 0 Å². The van der Waals surface area contributed by atoms with Gasteiger partial charge < -0.3 is 9.15 Å². The first kappa shape index (κ1) is 23.5. The number of nitrogens with zero attached hydrogens (tertiary/aromatic N) is 1. The molecule has 178 valence electrons. The van der Waals surface area contributed by atoms with Crippen molar-refractivity contribution >= 4 is 52.5 Å². The normalized spacial score (nSPS) is 14.8. The molecule has 0 saturated carbocycles. The van der Waals surface area contributed by atoms with Crippen molar-refractivity contribution in [2.24, 2.45) is 0 Å². The molecule has 1 fully saturated rings. The van der Waals surface area contributed by atoms with Gasteiger partial charge in [-0.3, -0.25) is 19.8 Å². The van der Waals surface area contributed by atoms with Crippen molar-refractivity contribution in [1.29, 1.82) is 0 Å². The number of nitrogens with one attached hydrogen (secondary N) is 1. The number of ether oxygens (including phenoxy) is 1. The Labute approximate surface area is 217 Å². The van der Waals surface area contributed by atoms with E-state index in [1.165, 1.54) is 11.0 Å². The minimum Gasteiger partial charge on any atom is -0.457 e. The maximum absolute atomic E-state index is 13.3. The van der Waals surface area contributed by atoms with E-state index >= 15 is 0 Å². The predicted molar refractivity (Wildman–Crippen MR) is 143 cm³/mol. The summed E-state index contributed by atoms with van der Waals surface area (Å²) in [5, 5.41) is 3.19. The molecule has 2 heterocycles. The minimum atomic E-state index is -0.596. The largest absolute Gasteiger partial charge is 0.457 e. The number of thiocarbonyl (C=S) groups is 1. The Kier molecular flexibility index (Phi) is 6.41. The number of carbonyl (C=O) groups is 2. The summed E-state index contributed by atoms with van der Waals surface area (Å²) in [6.07, 6.45) is 1.40. The van der Waals surface area contributed by atoms with Crippen LogP contribution in [0, 0.1) is 6.92 Å². The van der Waals surface area contributed by atoms with Crippen LogP contribution in [0.5, 0.6) is 11.5 Å². The van der Waals surface area contributed by atoms with Crippen molar-refractivity contribution in [3.05, 3.63) is 107 Å². The summed E-state index contributed by atoms with van der Waals surface area (Å²) < 4.78 is 11.7. The molecule has 5 rings (SSSR count). The third-order valence-corrected chi connectivity index (χ3v) is 6.24. The lowest BCUT2D eigenvalue weighted by Gasteiger charge is -2.28. The Morgan fingerprint density at radius 3 is 2.39 bits per heavy atom. The lowest BCUT2D eigenvalue weighted by molar-refractivity contribution is -0.122. The van der Waals surface area contributed by atoms with Crippen LogP contribution < -0.4 is 15.0 Å². The number of anilines is 1. The zero-order valence-electron chi connectivity index (χ0n) is 19.0. The average molecular weight is 515 g/mol. The van der Waals surface area contributed by atoms with E-state index in [1.807, 2.05) is 49.4 Å². The standard InChI is InChI=1S/C28H19ClN2O4S/c1-17-7-8-18(15-24(17)29)25-14-13-22(35-25)16-23-26(32)30-28(36)31(27(23)33)19-9-11-21(12-10-19)34-20-5-3-2-4-6-20/h2-16H,1H3,(H,30,32,36). The zero-order chi connectivity index (χ0) is 25.2. The number of benzene rings is 3. The molecule has 0 aliphatic carbocycles. The molecule has 4 aromatic rings. The third kappa shape index (κ3) is 4.79. The lowest BCUT2D eigenvalue weighted by atomic mass is 10.1. The summed E-state index contributed by atoms with van der Waals surface area (Å²) in [5.74, 6) is 1.05. The fourth-order valence-corrected chi connectivity index (χ4v) is 4.12. The van der Waals surface area contributed by atoms with E-state index < -0.39 is 11.8 Å². The minimum absolute atomic E-state index is 0.00620. The molecule has 1 N–H and O–H groups in total. The molecule has 36 heavy (non-hydrogen) atoms. The molecular weight excluding hydrogens is 496 g/mol. The van der Waals surface area contributed by atoms with Gasteiger partial charge in [-0.25, -0.2) is 0 Å². The Hall–Kier alpha value is -4.20. The maximum atomic E-state index is 13.3. The van der Waals surface area contributed by atoms with Crippen LogP contribution in [-0.4, -0.2) is 16.9 Å². The van der Waals surface area contributed by atoms with E-state index in [4.69, 9.17) is 33.0 Å². The Balaban J connectivity index is 1.39. The number of hydrogen-bond acceptors (Lipinski definition) is 5. The lowest BCUT2D eigenvalue weighted by Crippen LogP contribution is -2.54. The summed E-state index contributed by atoms with van der Waals surface area (Å²) >= 11 is 11.5. The first-order valence-electron chi connectivity index (χ1n) is 11.0. The topological polar surface area (TPSA) is 71.8 Å². The van der Waals surface area contributed by atoms with Crippen molar-refractivity contribution in [2.75, 3.05) is 4.90 Å². The highest BCUT2D eigenvalue weighted by atomic mass is 35.5. The van der Waals surface area contributed by atoms with Crippen LogP contribution in [0.2, 0.25) is 5.02 Å². The van der Waals surface area contributed by atoms with Crippen molar-refractivity contribution in [3.63, 3.8) is 0 Å². The Morgan fingerprint density at radius 1 is 0.944 bits per heavy atom. The number of carbonyl (C=O) groups excluding carboxylic acids is 2. The van der Waals surface area contributed by atoms with Crippen molar-refractivity contribution < 1.29 is 18.7 Å². The zero-order valence-corrected chi connectivity index (χ0v) is 20.6. The first-order chi connectivity index (χ1) is 17.4. The quantitative estimate of drug-likeness (QED) is 0.186. The molecule has 1 aromatic heterocycles. The highest BCUT2D eigenvalue weighted by Crippen LogP contribution is 2.30. The summed E-state index contributed by atoms with van der Waals surface area (Å²) in [5.41, 5.74) is 2.13. The molecule has 0 atom stereocenters. The van der Waals surface area contributed by atoms with Crippen LogP contribution in [0.4, 0.5) is 5.69 Å². The number of halogens is 1. The van der Waals surface area contributed by atoms with Crippen LogP contribution in [0.1, 0.15) is 11.3 Å². The van der Waals surface area contributed by atoms with Gasteiger partial charge in [-0.05, 0) is 85.4 Å². The monoisotopic (exact) mass is 514 g/mol. The molecule has 1 aliphatic heterocycles. The summed E-state index contributed by atoms with van der Waals surface area (Å²) in [7, 11) is 0. The maximum Gasteiger partial charge on any atom is 0.270 e. The van der Waals surface area contributed by atoms with E-state index in [1.54, 1.807) is 42.5 Å². The smallest absolute Gasteiger partial charge is 0.270 e. The van der Waals surface area contributed by atoms with E-state index in [-0.39, 0.29) is 10.7 Å². The molecule has 0 spiro atoms. The van der Waals surface area contributed by atoms with Crippen LogP contribution in [0.15, 0.2) is 94.9 Å². The molecule has 0 bridgehead atoms. The third-order valence-electron chi connectivity index (χ3n) is 5.55. The van der Waals surface area contributed by atoms with Gasteiger partial charge in [0.15, 0.2) is 5.11 Å². The van der Waals surface area contributed by atoms with Gasteiger partial charge in [0.1, 0.15) is 28.6 Å². The number of amides is 2. The highest BCUT2D eigenvalue weighted by molar-refractivity contribution is 7.80. The number of rotatable bonds is 5. The van der Waals surface area contributed by atoms with Crippen LogP contribution in [0.3, 0.4) is 0 Å². The molecule has 0 radical (unpaired) electrons. The van der Waals surface area contributed by atoms with E-state index in [9.17, 15) is 9.59 Å². The number of hydrogen-bond donors (Lipinski definition) is 1. The Bertz CT molecular complexity index is 1510. The number of aryl methyl sites for hydroxylation is 1. The highest BCUT2D eigenvalue weighted by Gasteiger charge is 2.34. The number of furan rings is 1. The number of para-hydroxylation sites is 1. The van der Waals surface area contributed by atoms with E-state index in [0.717, 1.165) is 11.1 Å². The second-order valence-electron chi connectivity index (χ2n) is 8.03. The molecule has 1 aliphatic rings. The van der Waals surface area contributed by atoms with Crippen LogP contribution in [-0.2, 0) is 9.59 Å². The summed E-state index contributed by atoms with van der Waals surface area (Å²) in [6, 6.07) is 25.2. The van der Waals surface area contributed by atoms with Crippen molar-refractivity contribution in [3.8, 4) is 22.8 Å². The molecule has 6 nitrogen and oxygen atoms in total. The fourth-order valence-electron chi connectivity index (χ4n) is 3.65. The van der Waals surface area contributed by atoms with Crippen molar-refractivity contribution in [2.45, 2.75) is 6.92 Å². The van der Waals surface area contributed by atoms with Gasteiger partial charge in [0.05, 0.1) is 5.69 Å². The molecule has 0 unspecified atom stereocenters. The second kappa shape index (κ2) is 9.81. The van der Waals surface area contributed by atoms with Gasteiger partial charge in [-0.1, -0.05) is 41.9 Å². The van der Waals surface area contributed by atoms with Gasteiger partial charge in [0, 0.05) is 10.6 Å². The summed E-state index contributed by atoms with van der Waals surface area (Å²) in [6.45, 7) is 1.91. The van der Waals surface area contributed by atoms with Crippen LogP contribution >= 0.6 is 23.8 Å². The van der Waals surface area contributed by atoms with Crippen molar-refractivity contribution in [1.82, 2.24) is 5.32 Å². The molecular formula is C28H19ClN2O4S. The predicted octanol–water partition coefficient (Wildman–Crippen LogP) is 6.53. The van der Waals surface area contributed by atoms with E-state index in [2.05, 4.69) is 5.32 Å².